The number of rotatable bonds is 4. The first-order valence-corrected chi connectivity index (χ1v) is 6.46. The Labute approximate surface area is 125 Å². The molecule has 0 unspecified atom stereocenters. The molecule has 2 heterocycles. The molecule has 3 aromatic rings. The molecule has 3 rings (SSSR count). The van der Waals surface area contributed by atoms with Crippen molar-refractivity contribution in [1.29, 1.82) is 0 Å². The van der Waals surface area contributed by atoms with Gasteiger partial charge in [-0.05, 0) is 18.2 Å². The van der Waals surface area contributed by atoms with Crippen molar-refractivity contribution in [3.8, 4) is 34.3 Å². The molecule has 0 saturated heterocycles. The lowest BCUT2D eigenvalue weighted by molar-refractivity contribution is 0.391. The molecule has 2 aromatic heterocycles. The van der Waals surface area contributed by atoms with E-state index in [1.165, 1.54) is 12.3 Å². The predicted molar refractivity (Wildman–Crippen MR) is 78.9 cm³/mol. The number of hydrogen-bond donors (Lipinski definition) is 1. The van der Waals surface area contributed by atoms with Gasteiger partial charge in [0.25, 0.3) is 5.89 Å². The summed E-state index contributed by atoms with van der Waals surface area (Å²) < 4.78 is 15.7. The molecule has 112 valence electrons. The smallest absolute Gasteiger partial charge is 0.262 e. The summed E-state index contributed by atoms with van der Waals surface area (Å²) in [5.74, 6) is 1.93. The molecule has 0 atom stereocenters. The van der Waals surface area contributed by atoms with Crippen LogP contribution in [-0.4, -0.2) is 29.3 Å². The molecular formula is C15H13N3O4. The van der Waals surface area contributed by atoms with E-state index in [1.807, 2.05) is 0 Å². The summed E-state index contributed by atoms with van der Waals surface area (Å²) in [5, 5.41) is 3.92. The molecule has 22 heavy (non-hydrogen) atoms. The van der Waals surface area contributed by atoms with Gasteiger partial charge in [0, 0.05) is 23.9 Å². The van der Waals surface area contributed by atoms with Crippen LogP contribution in [0.4, 0.5) is 0 Å². The molecule has 0 aliphatic carbocycles. The van der Waals surface area contributed by atoms with Crippen LogP contribution in [0.3, 0.4) is 0 Å². The van der Waals surface area contributed by atoms with Crippen LogP contribution in [0.15, 0.2) is 45.8 Å². The highest BCUT2D eigenvalue weighted by Gasteiger charge is 2.15. The molecule has 0 fully saturated rings. The number of pyridine rings is 1. The lowest BCUT2D eigenvalue weighted by Gasteiger charge is -2.06. The molecule has 0 spiro atoms. The van der Waals surface area contributed by atoms with Crippen LogP contribution in [0, 0.1) is 0 Å². The minimum Gasteiger partial charge on any atom is -0.497 e. The summed E-state index contributed by atoms with van der Waals surface area (Å²) in [6.45, 7) is 0. The number of hydrogen-bond acceptors (Lipinski definition) is 6. The largest absolute Gasteiger partial charge is 0.497 e. The highest BCUT2D eigenvalue weighted by atomic mass is 16.5. The van der Waals surface area contributed by atoms with E-state index in [0.29, 0.717) is 34.3 Å². The van der Waals surface area contributed by atoms with E-state index in [4.69, 9.17) is 14.0 Å². The van der Waals surface area contributed by atoms with E-state index in [1.54, 1.807) is 38.5 Å². The SMILES string of the molecule is COc1ccc(-c2nc(-c3ccc(=O)[nH]c3)no2)c(OC)c1. The second-order valence-electron chi connectivity index (χ2n) is 4.43. The normalized spacial score (nSPS) is 10.5. The molecule has 0 saturated carbocycles. The van der Waals surface area contributed by atoms with Gasteiger partial charge in [-0.1, -0.05) is 5.16 Å². The van der Waals surface area contributed by atoms with Crippen molar-refractivity contribution >= 4 is 0 Å². The van der Waals surface area contributed by atoms with Crippen molar-refractivity contribution in [3.63, 3.8) is 0 Å². The number of H-pyrrole nitrogens is 1. The van der Waals surface area contributed by atoms with Crippen LogP contribution < -0.4 is 15.0 Å². The number of benzene rings is 1. The second-order valence-corrected chi connectivity index (χ2v) is 4.43. The first-order chi connectivity index (χ1) is 10.7. The summed E-state index contributed by atoms with van der Waals surface area (Å²) in [6, 6.07) is 8.32. The van der Waals surface area contributed by atoms with Crippen molar-refractivity contribution in [3.05, 3.63) is 46.9 Å². The van der Waals surface area contributed by atoms with Gasteiger partial charge < -0.3 is 19.0 Å². The fraction of sp³-hybridized carbons (Fsp3) is 0.133. The van der Waals surface area contributed by atoms with Crippen LogP contribution in [0.2, 0.25) is 0 Å². The maximum Gasteiger partial charge on any atom is 0.262 e. The van der Waals surface area contributed by atoms with Gasteiger partial charge in [0.15, 0.2) is 0 Å². The number of aromatic amines is 1. The Bertz CT molecular complexity index is 833. The van der Waals surface area contributed by atoms with Crippen LogP contribution in [0.1, 0.15) is 0 Å². The van der Waals surface area contributed by atoms with E-state index in [0.717, 1.165) is 0 Å². The maximum atomic E-state index is 11.1. The third-order valence-electron chi connectivity index (χ3n) is 3.11. The minimum absolute atomic E-state index is 0.190. The Morgan fingerprint density at radius 3 is 2.68 bits per heavy atom. The van der Waals surface area contributed by atoms with Gasteiger partial charge in [-0.2, -0.15) is 4.98 Å². The van der Waals surface area contributed by atoms with Gasteiger partial charge in [-0.25, -0.2) is 0 Å². The molecule has 7 nitrogen and oxygen atoms in total. The standard InChI is InChI=1S/C15H13N3O4/c1-20-10-4-5-11(12(7-10)21-2)15-17-14(18-22-15)9-3-6-13(19)16-8-9/h3-8H,1-2H3,(H,16,19). The molecule has 0 aliphatic heterocycles. The second kappa shape index (κ2) is 5.72. The van der Waals surface area contributed by atoms with Gasteiger partial charge in [-0.3, -0.25) is 4.79 Å². The van der Waals surface area contributed by atoms with Crippen LogP contribution >= 0.6 is 0 Å². The Hall–Kier alpha value is -3.09. The molecule has 1 N–H and O–H groups in total. The fourth-order valence-corrected chi connectivity index (χ4v) is 1.97. The van der Waals surface area contributed by atoms with Crippen LogP contribution in [0.25, 0.3) is 22.8 Å². The molecule has 0 bridgehead atoms. The Morgan fingerprint density at radius 1 is 1.14 bits per heavy atom. The highest BCUT2D eigenvalue weighted by Crippen LogP contribution is 2.33. The summed E-state index contributed by atoms with van der Waals surface area (Å²) in [4.78, 5) is 18.0. The molecule has 0 radical (unpaired) electrons. The van der Waals surface area contributed by atoms with E-state index in [9.17, 15) is 4.79 Å². The molecule has 0 aliphatic rings. The summed E-state index contributed by atoms with van der Waals surface area (Å²) in [5.41, 5.74) is 1.12. The maximum absolute atomic E-state index is 11.1. The fourth-order valence-electron chi connectivity index (χ4n) is 1.97. The lowest BCUT2D eigenvalue weighted by atomic mass is 10.2. The van der Waals surface area contributed by atoms with E-state index >= 15 is 0 Å². The third-order valence-corrected chi connectivity index (χ3v) is 3.11. The number of methoxy groups -OCH3 is 2. The van der Waals surface area contributed by atoms with Crippen molar-refractivity contribution < 1.29 is 14.0 Å². The minimum atomic E-state index is -0.190. The topological polar surface area (TPSA) is 90.2 Å². The summed E-state index contributed by atoms with van der Waals surface area (Å²) in [6.07, 6.45) is 1.53. The van der Waals surface area contributed by atoms with Gasteiger partial charge in [-0.15, -0.1) is 0 Å². The lowest BCUT2D eigenvalue weighted by Crippen LogP contribution is -2.01. The van der Waals surface area contributed by atoms with Crippen molar-refractivity contribution in [2.24, 2.45) is 0 Å². The Kier molecular flexibility index (Phi) is 3.61. The molecule has 7 heteroatoms. The van der Waals surface area contributed by atoms with Crippen molar-refractivity contribution in [1.82, 2.24) is 15.1 Å². The number of nitrogens with zero attached hydrogens (tertiary/aromatic N) is 2. The molecule has 0 amide bonds. The Morgan fingerprint density at radius 2 is 2.00 bits per heavy atom. The average Bonchev–Trinajstić information content (AvgIpc) is 3.04. The van der Waals surface area contributed by atoms with E-state index in [-0.39, 0.29) is 5.56 Å². The number of ether oxygens (including phenoxy) is 2. The quantitative estimate of drug-likeness (QED) is 0.793. The molecular weight excluding hydrogens is 286 g/mol. The van der Waals surface area contributed by atoms with Crippen molar-refractivity contribution in [2.75, 3.05) is 14.2 Å². The van der Waals surface area contributed by atoms with Gasteiger partial charge >= 0.3 is 0 Å². The van der Waals surface area contributed by atoms with E-state index in [2.05, 4.69) is 15.1 Å². The zero-order valence-corrected chi connectivity index (χ0v) is 12.0. The van der Waals surface area contributed by atoms with Crippen LogP contribution in [-0.2, 0) is 0 Å². The van der Waals surface area contributed by atoms with Crippen molar-refractivity contribution in [2.45, 2.75) is 0 Å². The van der Waals surface area contributed by atoms with Gasteiger partial charge in [0.1, 0.15) is 11.5 Å². The Balaban J connectivity index is 2.00. The number of nitrogens with one attached hydrogen (secondary N) is 1. The first-order valence-electron chi connectivity index (χ1n) is 6.46. The highest BCUT2D eigenvalue weighted by molar-refractivity contribution is 5.66. The molecule has 1 aromatic carbocycles. The van der Waals surface area contributed by atoms with Crippen LogP contribution in [0.5, 0.6) is 11.5 Å². The average molecular weight is 299 g/mol. The predicted octanol–water partition coefficient (Wildman–Crippen LogP) is 2.11. The monoisotopic (exact) mass is 299 g/mol. The summed E-state index contributed by atoms with van der Waals surface area (Å²) >= 11 is 0. The first kappa shape index (κ1) is 13.9. The van der Waals surface area contributed by atoms with Gasteiger partial charge in [0.2, 0.25) is 11.4 Å². The third kappa shape index (κ3) is 2.56. The van der Waals surface area contributed by atoms with E-state index < -0.39 is 0 Å². The zero-order valence-electron chi connectivity index (χ0n) is 12.0. The number of aromatic nitrogens is 3. The van der Waals surface area contributed by atoms with Gasteiger partial charge in [0.05, 0.1) is 19.8 Å². The zero-order chi connectivity index (χ0) is 15.5. The summed E-state index contributed by atoms with van der Waals surface area (Å²) in [7, 11) is 3.13.